The first kappa shape index (κ1) is 9.15. The van der Waals surface area contributed by atoms with Crippen molar-refractivity contribution in [2.45, 2.75) is 0 Å². The van der Waals surface area contributed by atoms with Crippen molar-refractivity contribution in [2.24, 2.45) is 0 Å². The topological polar surface area (TPSA) is 52.6 Å². The molecule has 49 valence electrons. The second-order valence-corrected chi connectivity index (χ2v) is 1.48. The summed E-state index contributed by atoms with van der Waals surface area (Å²) in [7, 11) is 0. The van der Waals surface area contributed by atoms with Gasteiger partial charge in [0.05, 0.1) is 0 Å². The molecule has 0 saturated carbocycles. The summed E-state index contributed by atoms with van der Waals surface area (Å²) in [5.74, 6) is 0. The Bertz CT molecular complexity index is 178. The maximum Gasteiger partial charge on any atom is 0.430 e. The molecular formula is C5H6LiN2O2. The van der Waals surface area contributed by atoms with Crippen molar-refractivity contribution in [1.29, 1.82) is 0 Å². The average Bonchev–Trinajstić information content (AvgIpc) is 1.90. The molecule has 0 aromatic carbocycles. The summed E-state index contributed by atoms with van der Waals surface area (Å²) < 4.78 is 0. The molecule has 1 aliphatic rings. The van der Waals surface area contributed by atoms with Crippen LogP contribution in [0.5, 0.6) is 0 Å². The smallest absolute Gasteiger partial charge is 0.430 e. The standard InChI is InChI=1S/C5H6N2O2.Li/c8-5(9)7-4-2-1-3-6-7;/h1-4,6H,(H,8,9);. The van der Waals surface area contributed by atoms with E-state index in [4.69, 9.17) is 5.11 Å². The van der Waals surface area contributed by atoms with Crippen molar-refractivity contribution in [1.82, 2.24) is 10.4 Å². The van der Waals surface area contributed by atoms with E-state index < -0.39 is 6.09 Å². The fourth-order valence-electron chi connectivity index (χ4n) is 0.477. The summed E-state index contributed by atoms with van der Waals surface area (Å²) in [4.78, 5) is 10.1. The van der Waals surface area contributed by atoms with E-state index in [2.05, 4.69) is 5.43 Å². The molecule has 2 N–H and O–H groups in total. The van der Waals surface area contributed by atoms with Gasteiger partial charge in [-0.1, -0.05) is 0 Å². The van der Waals surface area contributed by atoms with Gasteiger partial charge in [0.1, 0.15) is 0 Å². The van der Waals surface area contributed by atoms with Crippen molar-refractivity contribution >= 4 is 25.0 Å². The largest absolute Gasteiger partial charge is 0.463 e. The molecule has 0 aromatic rings. The quantitative estimate of drug-likeness (QED) is 0.462. The number of rotatable bonds is 0. The van der Waals surface area contributed by atoms with E-state index in [-0.39, 0.29) is 18.9 Å². The van der Waals surface area contributed by atoms with Crippen molar-refractivity contribution in [3.05, 3.63) is 24.6 Å². The predicted molar refractivity (Wildman–Crippen MR) is 37.0 cm³/mol. The number of hydrogen-bond acceptors (Lipinski definition) is 2. The first-order valence-electron chi connectivity index (χ1n) is 2.42. The normalized spacial score (nSPS) is 13.8. The average molecular weight is 133 g/mol. The molecule has 0 aliphatic carbocycles. The number of hydrogen-bond donors (Lipinski definition) is 2. The summed E-state index contributed by atoms with van der Waals surface area (Å²) in [6.07, 6.45) is 5.27. The molecule has 0 unspecified atom stereocenters. The Morgan fingerprint density at radius 1 is 1.50 bits per heavy atom. The number of nitrogens with zero attached hydrogens (tertiary/aromatic N) is 1. The second kappa shape index (κ2) is 4.04. The summed E-state index contributed by atoms with van der Waals surface area (Å²) in [5, 5.41) is 9.27. The first-order valence-corrected chi connectivity index (χ1v) is 2.42. The molecule has 0 spiro atoms. The third kappa shape index (κ3) is 2.17. The number of amides is 1. The molecule has 10 heavy (non-hydrogen) atoms. The van der Waals surface area contributed by atoms with Crippen LogP contribution in [0.15, 0.2) is 24.6 Å². The Kier molecular flexibility index (Phi) is 3.70. The molecule has 0 fully saturated rings. The predicted octanol–water partition coefficient (Wildman–Crippen LogP) is 0.131. The Hall–Kier alpha value is -0.853. The van der Waals surface area contributed by atoms with Crippen LogP contribution in [0.1, 0.15) is 0 Å². The summed E-state index contributed by atoms with van der Waals surface area (Å²) >= 11 is 0. The Balaban J connectivity index is 0.000000810. The monoisotopic (exact) mass is 133 g/mol. The summed E-state index contributed by atoms with van der Waals surface area (Å²) in [5.41, 5.74) is 2.48. The molecule has 4 nitrogen and oxygen atoms in total. The fourth-order valence-corrected chi connectivity index (χ4v) is 0.477. The summed E-state index contributed by atoms with van der Waals surface area (Å²) in [6.45, 7) is 0. The minimum Gasteiger partial charge on any atom is -0.463 e. The van der Waals surface area contributed by atoms with E-state index in [1.165, 1.54) is 12.4 Å². The van der Waals surface area contributed by atoms with Gasteiger partial charge in [-0.25, -0.2) is 4.79 Å². The van der Waals surface area contributed by atoms with E-state index in [1.54, 1.807) is 12.2 Å². The van der Waals surface area contributed by atoms with Gasteiger partial charge in [-0.05, 0) is 12.2 Å². The number of carbonyl (C=O) groups is 1. The fraction of sp³-hybridized carbons (Fsp3) is 0. The van der Waals surface area contributed by atoms with Crippen LogP contribution >= 0.6 is 0 Å². The van der Waals surface area contributed by atoms with Crippen molar-refractivity contribution in [3.8, 4) is 0 Å². The number of allylic oxidation sites excluding steroid dienone is 2. The van der Waals surface area contributed by atoms with Crippen molar-refractivity contribution < 1.29 is 9.90 Å². The van der Waals surface area contributed by atoms with E-state index in [9.17, 15) is 4.79 Å². The molecule has 1 radical (unpaired) electrons. The Labute approximate surface area is 70.3 Å². The van der Waals surface area contributed by atoms with Crippen LogP contribution in [0.3, 0.4) is 0 Å². The Morgan fingerprint density at radius 2 is 2.20 bits per heavy atom. The van der Waals surface area contributed by atoms with Crippen molar-refractivity contribution in [2.75, 3.05) is 0 Å². The number of carboxylic acid groups (broad SMARTS) is 1. The Morgan fingerprint density at radius 3 is 2.50 bits per heavy atom. The molecule has 0 saturated heterocycles. The molecule has 0 atom stereocenters. The maximum atomic E-state index is 10.1. The van der Waals surface area contributed by atoms with Crippen LogP contribution in [0.25, 0.3) is 0 Å². The second-order valence-electron chi connectivity index (χ2n) is 1.48. The summed E-state index contributed by atoms with van der Waals surface area (Å²) in [6, 6.07) is 0. The van der Waals surface area contributed by atoms with Gasteiger partial charge in [0.2, 0.25) is 0 Å². The van der Waals surface area contributed by atoms with Gasteiger partial charge >= 0.3 is 6.09 Å². The van der Waals surface area contributed by atoms with Crippen LogP contribution in [-0.4, -0.2) is 35.1 Å². The van der Waals surface area contributed by atoms with Gasteiger partial charge in [-0.2, -0.15) is 5.01 Å². The molecular weight excluding hydrogens is 127 g/mol. The SMILES string of the molecule is O=C(O)N1C=CC=CN1.[Li]. The van der Waals surface area contributed by atoms with Crippen LogP contribution < -0.4 is 5.43 Å². The zero-order valence-corrected chi connectivity index (χ0v) is 5.61. The molecule has 0 aromatic heterocycles. The number of nitrogens with one attached hydrogen (secondary N) is 1. The molecule has 1 aliphatic heterocycles. The van der Waals surface area contributed by atoms with Crippen molar-refractivity contribution in [3.63, 3.8) is 0 Å². The minimum atomic E-state index is -1.02. The molecule has 0 bridgehead atoms. The molecule has 5 heteroatoms. The van der Waals surface area contributed by atoms with E-state index in [1.807, 2.05) is 0 Å². The zero-order valence-electron chi connectivity index (χ0n) is 5.61. The van der Waals surface area contributed by atoms with Gasteiger partial charge in [-0.15, -0.1) is 0 Å². The third-order valence-electron chi connectivity index (χ3n) is 0.862. The van der Waals surface area contributed by atoms with Crippen LogP contribution in [0.2, 0.25) is 0 Å². The third-order valence-corrected chi connectivity index (χ3v) is 0.862. The molecule has 1 heterocycles. The van der Waals surface area contributed by atoms with Gasteiger partial charge in [0, 0.05) is 31.3 Å². The molecule has 1 amide bonds. The first-order chi connectivity index (χ1) is 4.30. The van der Waals surface area contributed by atoms with E-state index in [0.717, 1.165) is 5.01 Å². The maximum absolute atomic E-state index is 10.1. The minimum absolute atomic E-state index is 0. The van der Waals surface area contributed by atoms with Crippen LogP contribution in [-0.2, 0) is 0 Å². The zero-order chi connectivity index (χ0) is 6.69. The van der Waals surface area contributed by atoms with E-state index >= 15 is 0 Å². The molecule has 1 rings (SSSR count). The van der Waals surface area contributed by atoms with Crippen LogP contribution in [0, 0.1) is 0 Å². The number of hydrazine groups is 1. The van der Waals surface area contributed by atoms with Gasteiger partial charge in [0.15, 0.2) is 0 Å². The van der Waals surface area contributed by atoms with Gasteiger partial charge in [0.25, 0.3) is 0 Å². The van der Waals surface area contributed by atoms with Gasteiger partial charge in [-0.3, -0.25) is 5.43 Å². The van der Waals surface area contributed by atoms with Crippen LogP contribution in [0.4, 0.5) is 4.79 Å². The van der Waals surface area contributed by atoms with E-state index in [0.29, 0.717) is 0 Å². The van der Waals surface area contributed by atoms with Gasteiger partial charge < -0.3 is 5.11 Å².